The Morgan fingerprint density at radius 1 is 1.20 bits per heavy atom. The third-order valence-electron chi connectivity index (χ3n) is 4.69. The van der Waals surface area contributed by atoms with Gasteiger partial charge in [0.1, 0.15) is 16.9 Å². The largest absolute Gasteiger partial charge is 0.363 e. The van der Waals surface area contributed by atoms with Gasteiger partial charge in [-0.2, -0.15) is 15.4 Å². The van der Waals surface area contributed by atoms with Crippen LogP contribution in [0.4, 0.5) is 5.82 Å². The molecule has 4 rings (SSSR count). The number of aromatic amines is 1. The Morgan fingerprint density at radius 3 is 2.88 bits per heavy atom. The number of hydrogen-bond acceptors (Lipinski definition) is 5. The highest BCUT2D eigenvalue weighted by atomic mass is 16.2. The van der Waals surface area contributed by atoms with E-state index in [0.29, 0.717) is 11.1 Å². The second-order valence-corrected chi connectivity index (χ2v) is 6.53. The van der Waals surface area contributed by atoms with Crippen molar-refractivity contribution < 1.29 is 4.79 Å². The molecule has 3 heterocycles. The van der Waals surface area contributed by atoms with Gasteiger partial charge >= 0.3 is 0 Å². The van der Waals surface area contributed by atoms with Crippen molar-refractivity contribution in [2.24, 2.45) is 0 Å². The van der Waals surface area contributed by atoms with Crippen LogP contribution in [0.3, 0.4) is 0 Å². The first-order chi connectivity index (χ1) is 12.1. The number of nitrogens with zero attached hydrogens (tertiary/aromatic N) is 5. The quantitative estimate of drug-likeness (QED) is 0.794. The van der Waals surface area contributed by atoms with Crippen molar-refractivity contribution in [3.8, 4) is 0 Å². The van der Waals surface area contributed by atoms with Gasteiger partial charge in [0, 0.05) is 32.4 Å². The van der Waals surface area contributed by atoms with Gasteiger partial charge < -0.3 is 9.80 Å². The lowest BCUT2D eigenvalue weighted by Crippen LogP contribution is -2.30. The van der Waals surface area contributed by atoms with Crippen molar-refractivity contribution >= 4 is 22.8 Å². The Morgan fingerprint density at radius 2 is 2.04 bits per heavy atom. The van der Waals surface area contributed by atoms with Crippen molar-refractivity contribution in [2.45, 2.75) is 18.9 Å². The number of likely N-dealkylation sites (tertiary alicyclic amines) is 1. The molecule has 7 nitrogen and oxygen atoms in total. The number of H-pyrrole nitrogens is 1. The molecule has 1 amide bonds. The van der Waals surface area contributed by atoms with Gasteiger partial charge in [-0.05, 0) is 48.7 Å². The zero-order valence-electron chi connectivity index (χ0n) is 14.3. The summed E-state index contributed by atoms with van der Waals surface area (Å²) in [7, 11) is 3.94. The number of amides is 1. The summed E-state index contributed by atoms with van der Waals surface area (Å²) in [5, 5.41) is 10.7. The summed E-state index contributed by atoms with van der Waals surface area (Å²) in [5.41, 5.74) is 3.25. The maximum atomic E-state index is 13.1. The maximum absolute atomic E-state index is 13.1. The number of anilines is 1. The van der Waals surface area contributed by atoms with Crippen molar-refractivity contribution in [1.82, 2.24) is 25.3 Å². The smallest absolute Gasteiger partial charge is 0.254 e. The second-order valence-electron chi connectivity index (χ2n) is 6.53. The Labute approximate surface area is 145 Å². The van der Waals surface area contributed by atoms with Crippen LogP contribution in [0.1, 0.15) is 34.8 Å². The number of pyridine rings is 1. The highest BCUT2D eigenvalue weighted by molar-refractivity contribution is 5.97. The Bertz CT molecular complexity index is 919. The summed E-state index contributed by atoms with van der Waals surface area (Å²) in [6.07, 6.45) is 3.78. The topological polar surface area (TPSA) is 78.0 Å². The lowest BCUT2D eigenvalue weighted by atomic mass is 10.0. The molecule has 128 valence electrons. The second kappa shape index (κ2) is 6.16. The number of rotatable bonds is 3. The van der Waals surface area contributed by atoms with Crippen LogP contribution in [0.2, 0.25) is 0 Å². The van der Waals surface area contributed by atoms with E-state index in [-0.39, 0.29) is 11.9 Å². The number of carbonyl (C=O) groups excluding carboxylic acids is 1. The molecular weight excluding hydrogens is 316 g/mol. The minimum atomic E-state index is 0.0376. The molecule has 0 aliphatic carbocycles. The minimum Gasteiger partial charge on any atom is -0.363 e. The fraction of sp³-hybridized carbons (Fsp3) is 0.333. The molecule has 3 aromatic rings. The van der Waals surface area contributed by atoms with E-state index in [1.54, 1.807) is 6.07 Å². The lowest BCUT2D eigenvalue weighted by molar-refractivity contribution is 0.0736. The molecular formula is C18H20N6O. The summed E-state index contributed by atoms with van der Waals surface area (Å²) in [4.78, 5) is 21.4. The van der Waals surface area contributed by atoms with Gasteiger partial charge in [0.15, 0.2) is 0 Å². The summed E-state index contributed by atoms with van der Waals surface area (Å²) in [5.74, 6) is 0.941. The van der Waals surface area contributed by atoms with E-state index in [4.69, 9.17) is 0 Å². The monoisotopic (exact) mass is 336 g/mol. The molecule has 0 unspecified atom stereocenters. The van der Waals surface area contributed by atoms with Crippen LogP contribution in [0.25, 0.3) is 11.0 Å². The fourth-order valence-electron chi connectivity index (χ4n) is 3.38. The molecule has 1 atom stereocenters. The Kier molecular flexibility index (Phi) is 3.83. The predicted octanol–water partition coefficient (Wildman–Crippen LogP) is 2.40. The van der Waals surface area contributed by atoms with E-state index < -0.39 is 0 Å². The van der Waals surface area contributed by atoms with Crippen LogP contribution < -0.4 is 4.90 Å². The molecule has 0 radical (unpaired) electrons. The third-order valence-corrected chi connectivity index (χ3v) is 4.69. The van der Waals surface area contributed by atoms with E-state index in [1.807, 2.05) is 48.3 Å². The summed E-state index contributed by atoms with van der Waals surface area (Å²) in [6, 6.07) is 9.60. The van der Waals surface area contributed by atoms with E-state index in [9.17, 15) is 4.79 Å². The number of benzene rings is 1. The lowest BCUT2D eigenvalue weighted by Gasteiger charge is -2.26. The fourth-order valence-corrected chi connectivity index (χ4v) is 3.38. The van der Waals surface area contributed by atoms with Gasteiger partial charge in [-0.1, -0.05) is 0 Å². The molecule has 0 saturated carbocycles. The highest BCUT2D eigenvalue weighted by Gasteiger charge is 2.31. The van der Waals surface area contributed by atoms with E-state index >= 15 is 0 Å². The van der Waals surface area contributed by atoms with Crippen LogP contribution in [0.15, 0.2) is 36.5 Å². The normalized spacial score (nSPS) is 17.2. The molecule has 0 bridgehead atoms. The van der Waals surface area contributed by atoms with Crippen LogP contribution in [-0.4, -0.2) is 51.8 Å². The number of hydrogen-bond donors (Lipinski definition) is 1. The maximum Gasteiger partial charge on any atom is 0.254 e. The molecule has 1 aliphatic heterocycles. The van der Waals surface area contributed by atoms with Gasteiger partial charge in [0.25, 0.3) is 5.91 Å². The number of nitrogens with one attached hydrogen (secondary N) is 1. The van der Waals surface area contributed by atoms with E-state index in [2.05, 4.69) is 26.5 Å². The number of carbonyl (C=O) groups is 1. The zero-order chi connectivity index (χ0) is 17.4. The van der Waals surface area contributed by atoms with Gasteiger partial charge in [0.2, 0.25) is 0 Å². The minimum absolute atomic E-state index is 0.0376. The van der Waals surface area contributed by atoms with Crippen molar-refractivity contribution in [1.29, 1.82) is 0 Å². The predicted molar refractivity (Wildman–Crippen MR) is 95.5 cm³/mol. The van der Waals surface area contributed by atoms with Gasteiger partial charge in [-0.3, -0.25) is 4.79 Å². The third kappa shape index (κ3) is 2.82. The molecule has 7 heteroatoms. The van der Waals surface area contributed by atoms with E-state index in [1.165, 1.54) is 0 Å². The van der Waals surface area contributed by atoms with E-state index in [0.717, 1.165) is 36.3 Å². The molecule has 25 heavy (non-hydrogen) atoms. The molecule has 0 spiro atoms. The van der Waals surface area contributed by atoms with Gasteiger partial charge in [0.05, 0.1) is 6.04 Å². The first-order valence-corrected chi connectivity index (χ1v) is 8.38. The molecule has 1 saturated heterocycles. The van der Waals surface area contributed by atoms with Gasteiger partial charge in [-0.25, -0.2) is 4.98 Å². The summed E-state index contributed by atoms with van der Waals surface area (Å²) < 4.78 is 0. The first-order valence-electron chi connectivity index (χ1n) is 8.38. The van der Waals surface area contributed by atoms with Crippen molar-refractivity contribution in [2.75, 3.05) is 25.5 Å². The standard InChI is InChI=1S/C18H20N6O/c1-23(2)17-11-12(7-8-19-17)16-4-3-9-24(16)18(25)13-5-6-14-15(10-13)21-22-20-14/h5-8,10-11,16H,3-4,9H2,1-2H3,(H,20,21,22)/t16-/m0/s1. The van der Waals surface area contributed by atoms with Crippen LogP contribution in [0.5, 0.6) is 0 Å². The Balaban J connectivity index is 1.64. The summed E-state index contributed by atoms with van der Waals surface area (Å²) >= 11 is 0. The Hall–Kier alpha value is -2.96. The zero-order valence-corrected chi connectivity index (χ0v) is 14.3. The number of fused-ring (bicyclic) bond motifs is 1. The molecule has 1 fully saturated rings. The van der Waals surface area contributed by atoms with Crippen molar-refractivity contribution in [3.63, 3.8) is 0 Å². The average molecular weight is 336 g/mol. The molecule has 1 N–H and O–H groups in total. The van der Waals surface area contributed by atoms with Crippen LogP contribution >= 0.6 is 0 Å². The number of aromatic nitrogens is 4. The van der Waals surface area contributed by atoms with Gasteiger partial charge in [-0.15, -0.1) is 0 Å². The first kappa shape index (κ1) is 15.6. The average Bonchev–Trinajstić information content (AvgIpc) is 3.29. The SMILES string of the molecule is CN(C)c1cc([C@@H]2CCCN2C(=O)c2ccc3n[nH]nc3c2)ccn1. The molecule has 1 aliphatic rings. The molecule has 2 aromatic heterocycles. The van der Waals surface area contributed by atoms with Crippen LogP contribution in [0, 0.1) is 0 Å². The molecule has 1 aromatic carbocycles. The van der Waals surface area contributed by atoms with Crippen molar-refractivity contribution in [3.05, 3.63) is 47.7 Å². The van der Waals surface area contributed by atoms with Crippen LogP contribution in [-0.2, 0) is 0 Å². The summed E-state index contributed by atoms with van der Waals surface area (Å²) in [6.45, 7) is 0.764. The highest BCUT2D eigenvalue weighted by Crippen LogP contribution is 2.34.